The monoisotopic (exact) mass is 304 g/mol. The Bertz CT molecular complexity index is 516. The second kappa shape index (κ2) is 7.75. The van der Waals surface area contributed by atoms with Crippen molar-refractivity contribution in [2.75, 3.05) is 26.2 Å². The molecule has 1 aliphatic heterocycles. The Morgan fingerprint density at radius 2 is 2.18 bits per heavy atom. The summed E-state index contributed by atoms with van der Waals surface area (Å²) in [5.74, 6) is 0.378. The summed E-state index contributed by atoms with van der Waals surface area (Å²) in [6.45, 7) is 8.62. The number of rotatable bonds is 5. The summed E-state index contributed by atoms with van der Waals surface area (Å²) < 4.78 is 0. The van der Waals surface area contributed by atoms with Crippen LogP contribution in [0.5, 0.6) is 0 Å². The van der Waals surface area contributed by atoms with Gasteiger partial charge in [-0.1, -0.05) is 18.2 Å². The lowest BCUT2D eigenvalue weighted by Gasteiger charge is -2.31. The van der Waals surface area contributed by atoms with Crippen molar-refractivity contribution < 1.29 is 9.90 Å². The number of likely N-dealkylation sites (tertiary alicyclic amines) is 1. The number of aryl methyl sites for hydroxylation is 2. The quantitative estimate of drug-likeness (QED) is 0.877. The molecule has 2 N–H and O–H groups in total. The first-order valence-corrected chi connectivity index (χ1v) is 8.19. The Morgan fingerprint density at radius 3 is 2.86 bits per heavy atom. The van der Waals surface area contributed by atoms with E-state index in [4.69, 9.17) is 0 Å². The van der Waals surface area contributed by atoms with Crippen LogP contribution in [0.3, 0.4) is 0 Å². The molecule has 4 heteroatoms. The number of aliphatic hydroxyl groups excluding tert-OH is 1. The number of nitrogens with one attached hydrogen (secondary N) is 1. The van der Waals surface area contributed by atoms with Gasteiger partial charge >= 0.3 is 0 Å². The van der Waals surface area contributed by atoms with Gasteiger partial charge in [-0.2, -0.15) is 0 Å². The molecule has 1 aromatic rings. The summed E-state index contributed by atoms with van der Waals surface area (Å²) >= 11 is 0. The standard InChI is InChI=1S/C18H28N2O2/c1-13-6-7-17(9-14(13)2)15(3)19-18(22)11-20-8-4-5-16(10-20)12-21/h6-7,9,15-16,21H,4-5,8,10-12H2,1-3H3,(H,19,22). The molecule has 1 saturated heterocycles. The third-order valence-electron chi connectivity index (χ3n) is 4.64. The van der Waals surface area contributed by atoms with Gasteiger partial charge in [-0.15, -0.1) is 0 Å². The molecule has 1 fully saturated rings. The zero-order chi connectivity index (χ0) is 16.1. The molecular weight excluding hydrogens is 276 g/mol. The summed E-state index contributed by atoms with van der Waals surface area (Å²) in [5, 5.41) is 12.3. The van der Waals surface area contributed by atoms with E-state index in [9.17, 15) is 9.90 Å². The molecule has 0 saturated carbocycles. The van der Waals surface area contributed by atoms with Crippen LogP contribution in [-0.2, 0) is 4.79 Å². The molecule has 0 aliphatic carbocycles. The number of aliphatic hydroxyl groups is 1. The lowest BCUT2D eigenvalue weighted by molar-refractivity contribution is -0.123. The minimum Gasteiger partial charge on any atom is -0.396 e. The minimum atomic E-state index is 0.0187. The number of benzene rings is 1. The van der Waals surface area contributed by atoms with Crippen molar-refractivity contribution in [1.82, 2.24) is 10.2 Å². The minimum absolute atomic E-state index is 0.0187. The molecule has 1 heterocycles. The fourth-order valence-corrected chi connectivity index (χ4v) is 3.05. The van der Waals surface area contributed by atoms with E-state index < -0.39 is 0 Å². The van der Waals surface area contributed by atoms with Crippen LogP contribution in [0.25, 0.3) is 0 Å². The van der Waals surface area contributed by atoms with Crippen LogP contribution in [0.1, 0.15) is 42.5 Å². The van der Waals surface area contributed by atoms with E-state index in [0.29, 0.717) is 12.5 Å². The highest BCUT2D eigenvalue weighted by molar-refractivity contribution is 5.78. The first kappa shape index (κ1) is 17.0. The third kappa shape index (κ3) is 4.55. The highest BCUT2D eigenvalue weighted by Crippen LogP contribution is 2.18. The van der Waals surface area contributed by atoms with Crippen LogP contribution in [0, 0.1) is 19.8 Å². The highest BCUT2D eigenvalue weighted by atomic mass is 16.3. The number of carbonyl (C=O) groups is 1. The normalized spacial score (nSPS) is 20.6. The maximum Gasteiger partial charge on any atom is 0.234 e. The van der Waals surface area contributed by atoms with Crippen molar-refractivity contribution in [3.05, 3.63) is 34.9 Å². The van der Waals surface area contributed by atoms with E-state index in [0.717, 1.165) is 31.5 Å². The van der Waals surface area contributed by atoms with E-state index in [1.807, 2.05) is 6.92 Å². The van der Waals surface area contributed by atoms with Crippen molar-refractivity contribution in [2.45, 2.75) is 39.7 Å². The average molecular weight is 304 g/mol. The molecule has 2 atom stereocenters. The Labute approximate surface area is 133 Å². The maximum absolute atomic E-state index is 12.2. The van der Waals surface area contributed by atoms with Gasteiger partial charge in [-0.3, -0.25) is 9.69 Å². The number of hydrogen-bond donors (Lipinski definition) is 2. The second-order valence-corrected chi connectivity index (χ2v) is 6.56. The largest absolute Gasteiger partial charge is 0.396 e. The van der Waals surface area contributed by atoms with Crippen LogP contribution in [0.15, 0.2) is 18.2 Å². The number of hydrogen-bond acceptors (Lipinski definition) is 3. The predicted molar refractivity (Wildman–Crippen MR) is 88.7 cm³/mol. The first-order valence-electron chi connectivity index (χ1n) is 8.19. The molecule has 1 aromatic carbocycles. The van der Waals surface area contributed by atoms with Gasteiger partial charge in [0.1, 0.15) is 0 Å². The van der Waals surface area contributed by atoms with E-state index in [1.54, 1.807) is 0 Å². The topological polar surface area (TPSA) is 52.6 Å². The summed E-state index contributed by atoms with van der Waals surface area (Å²) in [4.78, 5) is 14.4. The summed E-state index contributed by atoms with van der Waals surface area (Å²) in [6, 6.07) is 6.34. The third-order valence-corrected chi connectivity index (χ3v) is 4.64. The molecule has 0 bridgehead atoms. The van der Waals surface area contributed by atoms with Gasteiger partial charge in [0.05, 0.1) is 12.6 Å². The molecule has 1 amide bonds. The highest BCUT2D eigenvalue weighted by Gasteiger charge is 2.21. The molecule has 1 aliphatic rings. The van der Waals surface area contributed by atoms with E-state index >= 15 is 0 Å². The smallest absolute Gasteiger partial charge is 0.234 e. The molecule has 0 radical (unpaired) electrons. The fraction of sp³-hybridized carbons (Fsp3) is 0.611. The van der Waals surface area contributed by atoms with Crippen molar-refractivity contribution in [3.63, 3.8) is 0 Å². The summed E-state index contributed by atoms with van der Waals surface area (Å²) in [5.41, 5.74) is 3.66. The predicted octanol–water partition coefficient (Wildman–Crippen LogP) is 2.18. The number of amides is 1. The van der Waals surface area contributed by atoms with Crippen LogP contribution in [0.4, 0.5) is 0 Å². The SMILES string of the molecule is Cc1ccc(C(C)NC(=O)CN2CCCC(CO)C2)cc1C. The van der Waals surface area contributed by atoms with E-state index in [1.165, 1.54) is 11.1 Å². The lowest BCUT2D eigenvalue weighted by atomic mass is 9.99. The van der Waals surface area contributed by atoms with Crippen molar-refractivity contribution >= 4 is 5.91 Å². The van der Waals surface area contributed by atoms with E-state index in [-0.39, 0.29) is 18.6 Å². The van der Waals surface area contributed by atoms with Crippen LogP contribution >= 0.6 is 0 Å². The molecule has 4 nitrogen and oxygen atoms in total. The Morgan fingerprint density at radius 1 is 1.41 bits per heavy atom. The summed E-state index contributed by atoms with van der Waals surface area (Å²) in [7, 11) is 0. The summed E-state index contributed by atoms with van der Waals surface area (Å²) in [6.07, 6.45) is 2.12. The molecular formula is C18H28N2O2. The first-order chi connectivity index (χ1) is 10.5. The van der Waals surface area contributed by atoms with Gasteiger partial charge in [0.2, 0.25) is 5.91 Å². The number of carbonyl (C=O) groups excluding carboxylic acids is 1. The number of piperidine rings is 1. The number of nitrogens with zero attached hydrogens (tertiary/aromatic N) is 1. The van der Waals surface area contributed by atoms with E-state index in [2.05, 4.69) is 42.3 Å². The molecule has 22 heavy (non-hydrogen) atoms. The molecule has 0 spiro atoms. The van der Waals surface area contributed by atoms with Gasteiger partial charge < -0.3 is 10.4 Å². The maximum atomic E-state index is 12.2. The zero-order valence-corrected chi connectivity index (χ0v) is 13.9. The Kier molecular flexibility index (Phi) is 5.98. The van der Waals surface area contributed by atoms with Gasteiger partial charge in [-0.25, -0.2) is 0 Å². The Hall–Kier alpha value is -1.39. The zero-order valence-electron chi connectivity index (χ0n) is 13.9. The lowest BCUT2D eigenvalue weighted by Crippen LogP contribution is -2.43. The molecule has 2 unspecified atom stereocenters. The van der Waals surface area contributed by atoms with Crippen molar-refractivity contribution in [1.29, 1.82) is 0 Å². The fourth-order valence-electron chi connectivity index (χ4n) is 3.05. The van der Waals surface area contributed by atoms with Gasteiger partial charge in [-0.05, 0) is 62.8 Å². The van der Waals surface area contributed by atoms with Gasteiger partial charge in [0.25, 0.3) is 0 Å². The van der Waals surface area contributed by atoms with Gasteiger partial charge in [0, 0.05) is 13.2 Å². The van der Waals surface area contributed by atoms with Crippen molar-refractivity contribution in [3.8, 4) is 0 Å². The van der Waals surface area contributed by atoms with Crippen molar-refractivity contribution in [2.24, 2.45) is 5.92 Å². The molecule has 122 valence electrons. The average Bonchev–Trinajstić information content (AvgIpc) is 2.50. The molecule has 0 aromatic heterocycles. The van der Waals surface area contributed by atoms with Gasteiger partial charge in [0.15, 0.2) is 0 Å². The Balaban J connectivity index is 1.86. The van der Waals surface area contributed by atoms with Crippen LogP contribution in [-0.4, -0.2) is 42.2 Å². The van der Waals surface area contributed by atoms with Crippen LogP contribution in [0.2, 0.25) is 0 Å². The molecule has 2 rings (SSSR count). The van der Waals surface area contributed by atoms with Crippen LogP contribution < -0.4 is 5.32 Å². The second-order valence-electron chi connectivity index (χ2n) is 6.56.